The smallest absolute Gasteiger partial charge is 0.345 e. The van der Waals surface area contributed by atoms with Crippen molar-refractivity contribution in [1.29, 1.82) is 0 Å². The molecular formula is C14H15NO2S. The first-order chi connectivity index (χ1) is 8.56. The Kier molecular flexibility index (Phi) is 3.67. The lowest BCUT2D eigenvalue weighted by Gasteiger charge is -2.17. The molecule has 94 valence electrons. The zero-order chi connectivity index (χ0) is 13.1. The molecule has 0 aliphatic heterocycles. The van der Waals surface area contributed by atoms with Gasteiger partial charge in [-0.05, 0) is 24.6 Å². The minimum Gasteiger partial charge on any atom is -0.477 e. The quantitative estimate of drug-likeness (QED) is 0.917. The highest BCUT2D eigenvalue weighted by atomic mass is 32.1. The summed E-state index contributed by atoms with van der Waals surface area (Å²) >= 11 is 1.30. The van der Waals surface area contributed by atoms with Gasteiger partial charge in [-0.2, -0.15) is 0 Å². The van der Waals surface area contributed by atoms with Crippen LogP contribution < -0.4 is 4.90 Å². The van der Waals surface area contributed by atoms with Crippen LogP contribution in [0.4, 0.5) is 5.00 Å². The number of benzene rings is 1. The minimum atomic E-state index is -0.866. The molecule has 0 saturated carbocycles. The molecule has 0 fully saturated rings. The normalized spacial score (nSPS) is 10.3. The second-order valence-corrected chi connectivity index (χ2v) is 5.35. The van der Waals surface area contributed by atoms with Crippen molar-refractivity contribution in [1.82, 2.24) is 0 Å². The molecule has 0 amide bonds. The maximum atomic E-state index is 10.8. The molecule has 1 aromatic heterocycles. The number of rotatable bonds is 4. The van der Waals surface area contributed by atoms with E-state index in [-0.39, 0.29) is 0 Å². The summed E-state index contributed by atoms with van der Waals surface area (Å²) in [6, 6.07) is 11.8. The molecule has 2 aromatic rings. The molecule has 1 heterocycles. The Labute approximate surface area is 110 Å². The Hall–Kier alpha value is -1.81. The maximum absolute atomic E-state index is 10.8. The minimum absolute atomic E-state index is 0.376. The van der Waals surface area contributed by atoms with Crippen LogP contribution in [0, 0.1) is 6.92 Å². The lowest BCUT2D eigenvalue weighted by atomic mass is 10.1. The number of carboxylic acids is 1. The molecule has 0 atom stereocenters. The summed E-state index contributed by atoms with van der Waals surface area (Å²) in [6.45, 7) is 2.85. The van der Waals surface area contributed by atoms with Crippen LogP contribution in [0.2, 0.25) is 0 Å². The van der Waals surface area contributed by atoms with Crippen LogP contribution in [-0.2, 0) is 6.54 Å². The number of aromatic carboxylic acids is 1. The first kappa shape index (κ1) is 12.6. The van der Waals surface area contributed by atoms with E-state index in [1.54, 1.807) is 6.07 Å². The second kappa shape index (κ2) is 5.23. The zero-order valence-electron chi connectivity index (χ0n) is 10.4. The predicted molar refractivity (Wildman–Crippen MR) is 74.6 cm³/mol. The number of carboxylic acid groups (broad SMARTS) is 1. The fraction of sp³-hybridized carbons (Fsp3) is 0.214. The third kappa shape index (κ3) is 2.90. The molecule has 0 saturated heterocycles. The topological polar surface area (TPSA) is 40.5 Å². The highest BCUT2D eigenvalue weighted by Gasteiger charge is 2.10. The maximum Gasteiger partial charge on any atom is 0.345 e. The summed E-state index contributed by atoms with van der Waals surface area (Å²) < 4.78 is 0. The van der Waals surface area contributed by atoms with Crippen molar-refractivity contribution >= 4 is 22.3 Å². The van der Waals surface area contributed by atoms with Gasteiger partial charge in [-0.15, -0.1) is 11.3 Å². The van der Waals surface area contributed by atoms with Crippen LogP contribution in [0.5, 0.6) is 0 Å². The van der Waals surface area contributed by atoms with Gasteiger partial charge in [0, 0.05) is 13.6 Å². The first-order valence-corrected chi connectivity index (χ1v) is 6.48. The van der Waals surface area contributed by atoms with Crippen molar-refractivity contribution in [3.05, 3.63) is 52.4 Å². The van der Waals surface area contributed by atoms with E-state index in [0.717, 1.165) is 11.5 Å². The number of hydrogen-bond acceptors (Lipinski definition) is 3. The van der Waals surface area contributed by atoms with Crippen molar-refractivity contribution in [2.24, 2.45) is 0 Å². The summed E-state index contributed by atoms with van der Waals surface area (Å²) in [6.07, 6.45) is 0. The van der Waals surface area contributed by atoms with Crippen molar-refractivity contribution < 1.29 is 9.90 Å². The van der Waals surface area contributed by atoms with E-state index in [1.165, 1.54) is 22.5 Å². The lowest BCUT2D eigenvalue weighted by molar-refractivity contribution is 0.0702. The number of aryl methyl sites for hydroxylation is 1. The number of thiophene rings is 1. The lowest BCUT2D eigenvalue weighted by Crippen LogP contribution is -2.14. The van der Waals surface area contributed by atoms with Crippen molar-refractivity contribution in [3.8, 4) is 0 Å². The van der Waals surface area contributed by atoms with Gasteiger partial charge in [0.1, 0.15) is 4.88 Å². The molecule has 0 aliphatic carbocycles. The van der Waals surface area contributed by atoms with E-state index in [0.29, 0.717) is 4.88 Å². The highest BCUT2D eigenvalue weighted by Crippen LogP contribution is 2.26. The van der Waals surface area contributed by atoms with Gasteiger partial charge in [-0.25, -0.2) is 4.79 Å². The van der Waals surface area contributed by atoms with Gasteiger partial charge >= 0.3 is 5.97 Å². The molecule has 1 N–H and O–H groups in total. The Morgan fingerprint density at radius 1 is 1.33 bits per heavy atom. The Bertz CT molecular complexity index is 562. The van der Waals surface area contributed by atoms with Gasteiger partial charge < -0.3 is 10.0 Å². The molecule has 1 aromatic carbocycles. The Morgan fingerprint density at radius 3 is 2.72 bits per heavy atom. The SMILES string of the molecule is Cc1cccc(CN(C)c2ccc(C(=O)O)s2)c1. The van der Waals surface area contributed by atoms with Crippen LogP contribution in [-0.4, -0.2) is 18.1 Å². The van der Waals surface area contributed by atoms with Crippen LogP contribution in [0.3, 0.4) is 0 Å². The molecule has 4 heteroatoms. The summed E-state index contributed by atoms with van der Waals surface area (Å²) in [4.78, 5) is 13.3. The van der Waals surface area contributed by atoms with E-state index in [4.69, 9.17) is 5.11 Å². The predicted octanol–water partition coefficient (Wildman–Crippen LogP) is 3.39. The molecule has 0 aliphatic rings. The summed E-state index contributed by atoms with van der Waals surface area (Å²) in [5.41, 5.74) is 2.46. The second-order valence-electron chi connectivity index (χ2n) is 4.29. The van der Waals surface area contributed by atoms with Crippen LogP contribution >= 0.6 is 11.3 Å². The summed E-state index contributed by atoms with van der Waals surface area (Å²) in [5, 5.41) is 9.86. The standard InChI is InChI=1S/C14H15NO2S/c1-10-4-3-5-11(8-10)9-15(2)13-7-6-12(18-13)14(16)17/h3-8H,9H2,1-2H3,(H,16,17). The molecule has 0 unspecified atom stereocenters. The van der Waals surface area contributed by atoms with E-state index in [9.17, 15) is 4.79 Å². The fourth-order valence-electron chi connectivity index (χ4n) is 1.81. The molecule has 2 rings (SSSR count). The third-order valence-electron chi connectivity index (χ3n) is 2.68. The van der Waals surface area contributed by atoms with Crippen LogP contribution in [0.1, 0.15) is 20.8 Å². The number of anilines is 1. The van der Waals surface area contributed by atoms with Gasteiger partial charge in [0.25, 0.3) is 0 Å². The largest absolute Gasteiger partial charge is 0.477 e. The molecule has 3 nitrogen and oxygen atoms in total. The fourth-order valence-corrected chi connectivity index (χ4v) is 2.62. The third-order valence-corrected chi connectivity index (χ3v) is 3.87. The molecule has 0 radical (unpaired) electrons. The molecule has 0 spiro atoms. The number of carbonyl (C=O) groups is 1. The van der Waals surface area contributed by atoms with Crippen molar-refractivity contribution in [2.75, 3.05) is 11.9 Å². The van der Waals surface area contributed by atoms with Gasteiger partial charge in [-0.3, -0.25) is 0 Å². The van der Waals surface area contributed by atoms with Gasteiger partial charge in [0.2, 0.25) is 0 Å². The Morgan fingerprint density at radius 2 is 2.11 bits per heavy atom. The van der Waals surface area contributed by atoms with E-state index in [2.05, 4.69) is 30.0 Å². The van der Waals surface area contributed by atoms with Crippen molar-refractivity contribution in [3.63, 3.8) is 0 Å². The van der Waals surface area contributed by atoms with Gasteiger partial charge in [0.15, 0.2) is 0 Å². The molecular weight excluding hydrogens is 246 g/mol. The van der Waals surface area contributed by atoms with E-state index in [1.807, 2.05) is 19.2 Å². The number of nitrogens with zero attached hydrogens (tertiary/aromatic N) is 1. The monoisotopic (exact) mass is 261 g/mol. The average molecular weight is 261 g/mol. The number of hydrogen-bond donors (Lipinski definition) is 1. The van der Waals surface area contributed by atoms with Gasteiger partial charge in [0.05, 0.1) is 5.00 Å². The summed E-state index contributed by atoms with van der Waals surface area (Å²) in [5.74, 6) is -0.866. The average Bonchev–Trinajstić information content (AvgIpc) is 2.78. The van der Waals surface area contributed by atoms with Crippen LogP contribution in [0.25, 0.3) is 0 Å². The molecule has 0 bridgehead atoms. The van der Waals surface area contributed by atoms with Gasteiger partial charge in [-0.1, -0.05) is 29.8 Å². The highest BCUT2D eigenvalue weighted by molar-refractivity contribution is 7.17. The molecule has 18 heavy (non-hydrogen) atoms. The summed E-state index contributed by atoms with van der Waals surface area (Å²) in [7, 11) is 1.97. The first-order valence-electron chi connectivity index (χ1n) is 5.66. The van der Waals surface area contributed by atoms with E-state index < -0.39 is 5.97 Å². The zero-order valence-corrected chi connectivity index (χ0v) is 11.2. The van der Waals surface area contributed by atoms with Crippen molar-refractivity contribution in [2.45, 2.75) is 13.5 Å². The van der Waals surface area contributed by atoms with Crippen LogP contribution in [0.15, 0.2) is 36.4 Å². The van der Waals surface area contributed by atoms with E-state index >= 15 is 0 Å². The Balaban J connectivity index is 2.11.